The zero-order valence-corrected chi connectivity index (χ0v) is 10.7. The van der Waals surface area contributed by atoms with Crippen molar-refractivity contribution >= 4 is 23.3 Å². The van der Waals surface area contributed by atoms with Crippen LogP contribution in [0.3, 0.4) is 0 Å². The normalized spacial score (nSPS) is 16.5. The van der Waals surface area contributed by atoms with Crippen LogP contribution in [0.25, 0.3) is 10.9 Å². The van der Waals surface area contributed by atoms with Crippen LogP contribution in [0.15, 0.2) is 24.3 Å². The van der Waals surface area contributed by atoms with E-state index >= 15 is 0 Å². The fourth-order valence-electron chi connectivity index (χ4n) is 2.36. The number of nitrogens with zero attached hydrogens (tertiary/aromatic N) is 2. The lowest BCUT2D eigenvalue weighted by Gasteiger charge is -2.21. The molecular formula is C13H15ClFN3. The van der Waals surface area contributed by atoms with Gasteiger partial charge in [0.1, 0.15) is 5.82 Å². The lowest BCUT2D eigenvalue weighted by molar-refractivity contribution is 0.451. The smallest absolute Gasteiger partial charge is 0.132 e. The second-order valence-electron chi connectivity index (χ2n) is 4.47. The van der Waals surface area contributed by atoms with Crippen LogP contribution in [0.5, 0.6) is 0 Å². The Balaban J connectivity index is 0.00000120. The largest absolute Gasteiger partial charge is 0.317 e. The van der Waals surface area contributed by atoms with Crippen LogP contribution in [0.1, 0.15) is 24.5 Å². The summed E-state index contributed by atoms with van der Waals surface area (Å²) in [5, 5.41) is 12.2. The van der Waals surface area contributed by atoms with E-state index < -0.39 is 0 Å². The quantitative estimate of drug-likeness (QED) is 0.863. The van der Waals surface area contributed by atoms with Gasteiger partial charge in [0.25, 0.3) is 0 Å². The molecule has 5 heteroatoms. The van der Waals surface area contributed by atoms with Crippen molar-refractivity contribution in [1.29, 1.82) is 0 Å². The maximum absolute atomic E-state index is 13.7. The summed E-state index contributed by atoms with van der Waals surface area (Å²) in [6.45, 7) is 2.00. The van der Waals surface area contributed by atoms with E-state index in [0.29, 0.717) is 16.8 Å². The molecule has 3 rings (SSSR count). The molecule has 0 unspecified atom stereocenters. The number of piperidine rings is 1. The summed E-state index contributed by atoms with van der Waals surface area (Å²) in [5.41, 5.74) is 1.55. The maximum Gasteiger partial charge on any atom is 0.132 e. The Morgan fingerprint density at radius 3 is 2.72 bits per heavy atom. The summed E-state index contributed by atoms with van der Waals surface area (Å²) in [6, 6.07) is 6.78. The van der Waals surface area contributed by atoms with E-state index in [2.05, 4.69) is 15.5 Å². The minimum Gasteiger partial charge on any atom is -0.317 e. The summed E-state index contributed by atoms with van der Waals surface area (Å²) in [7, 11) is 0. The predicted octanol–water partition coefficient (Wildman–Crippen LogP) is 2.66. The topological polar surface area (TPSA) is 37.8 Å². The van der Waals surface area contributed by atoms with Crippen LogP contribution >= 0.6 is 12.4 Å². The molecule has 0 radical (unpaired) electrons. The Morgan fingerprint density at radius 2 is 1.94 bits per heavy atom. The van der Waals surface area contributed by atoms with Crippen molar-refractivity contribution in [3.63, 3.8) is 0 Å². The fourth-order valence-corrected chi connectivity index (χ4v) is 2.36. The fraction of sp³-hybridized carbons (Fsp3) is 0.385. The molecule has 0 amide bonds. The van der Waals surface area contributed by atoms with Crippen molar-refractivity contribution < 1.29 is 4.39 Å². The zero-order valence-electron chi connectivity index (χ0n) is 9.90. The molecule has 18 heavy (non-hydrogen) atoms. The van der Waals surface area contributed by atoms with Crippen molar-refractivity contribution in [1.82, 2.24) is 15.5 Å². The molecule has 96 valence electrons. The predicted molar refractivity (Wildman–Crippen MR) is 71.6 cm³/mol. The van der Waals surface area contributed by atoms with E-state index in [4.69, 9.17) is 0 Å². The minimum absolute atomic E-state index is 0. The van der Waals surface area contributed by atoms with Gasteiger partial charge in [-0.2, -0.15) is 10.2 Å². The van der Waals surface area contributed by atoms with Gasteiger partial charge in [-0.05, 0) is 44.1 Å². The molecule has 1 aliphatic heterocycles. The molecule has 3 nitrogen and oxygen atoms in total. The highest BCUT2D eigenvalue weighted by molar-refractivity contribution is 5.85. The van der Waals surface area contributed by atoms with Gasteiger partial charge in [-0.25, -0.2) is 4.39 Å². The molecule has 1 aromatic heterocycles. The zero-order chi connectivity index (χ0) is 11.7. The molecule has 0 aliphatic carbocycles. The molecule has 2 aromatic rings. The molecule has 1 aliphatic rings. The monoisotopic (exact) mass is 267 g/mol. The van der Waals surface area contributed by atoms with Crippen LogP contribution in [-0.2, 0) is 0 Å². The Morgan fingerprint density at radius 1 is 1.17 bits per heavy atom. The SMILES string of the molecule is Cl.Fc1cccc2nnc(C3CCNCC3)cc12. The second kappa shape index (κ2) is 5.59. The summed E-state index contributed by atoms with van der Waals surface area (Å²) in [5.74, 6) is 0.195. The van der Waals surface area contributed by atoms with Gasteiger partial charge in [0.05, 0.1) is 11.2 Å². The lowest BCUT2D eigenvalue weighted by atomic mass is 9.94. The highest BCUT2D eigenvalue weighted by Crippen LogP contribution is 2.25. The van der Waals surface area contributed by atoms with Crippen molar-refractivity contribution in [2.24, 2.45) is 0 Å². The number of halogens is 2. The molecule has 0 bridgehead atoms. The summed E-state index contributed by atoms with van der Waals surface area (Å²) in [4.78, 5) is 0. The van der Waals surface area contributed by atoms with E-state index in [1.165, 1.54) is 6.07 Å². The van der Waals surface area contributed by atoms with E-state index in [1.54, 1.807) is 12.1 Å². The number of fused-ring (bicyclic) bond motifs is 1. The first kappa shape index (κ1) is 13.2. The third-order valence-corrected chi connectivity index (χ3v) is 3.35. The van der Waals surface area contributed by atoms with Gasteiger partial charge >= 0.3 is 0 Å². The molecule has 2 heterocycles. The minimum atomic E-state index is -0.215. The van der Waals surface area contributed by atoms with Crippen LogP contribution in [-0.4, -0.2) is 23.3 Å². The average molecular weight is 268 g/mol. The lowest BCUT2D eigenvalue weighted by Crippen LogP contribution is -2.27. The molecule has 0 atom stereocenters. The summed E-state index contributed by atoms with van der Waals surface area (Å²) >= 11 is 0. The number of hydrogen-bond donors (Lipinski definition) is 1. The van der Waals surface area contributed by atoms with Crippen LogP contribution < -0.4 is 5.32 Å². The van der Waals surface area contributed by atoms with E-state index in [0.717, 1.165) is 31.6 Å². The first-order valence-electron chi connectivity index (χ1n) is 5.97. The molecule has 1 saturated heterocycles. The van der Waals surface area contributed by atoms with Gasteiger partial charge in [0.15, 0.2) is 0 Å². The third-order valence-electron chi connectivity index (χ3n) is 3.35. The molecule has 1 N–H and O–H groups in total. The number of benzene rings is 1. The highest BCUT2D eigenvalue weighted by Gasteiger charge is 2.17. The van der Waals surface area contributed by atoms with Crippen LogP contribution in [0.4, 0.5) is 4.39 Å². The molecule has 0 saturated carbocycles. The number of hydrogen-bond acceptors (Lipinski definition) is 3. The molecule has 1 aromatic carbocycles. The van der Waals surface area contributed by atoms with Gasteiger partial charge in [-0.3, -0.25) is 0 Å². The average Bonchev–Trinajstić information content (AvgIpc) is 2.40. The molecule has 1 fully saturated rings. The van der Waals surface area contributed by atoms with E-state index in [1.807, 2.05) is 6.07 Å². The number of rotatable bonds is 1. The van der Waals surface area contributed by atoms with E-state index in [9.17, 15) is 4.39 Å². The summed E-state index contributed by atoms with van der Waals surface area (Å²) in [6.07, 6.45) is 2.10. The van der Waals surface area contributed by atoms with Crippen molar-refractivity contribution in [3.8, 4) is 0 Å². The molecular weight excluding hydrogens is 253 g/mol. The van der Waals surface area contributed by atoms with Gasteiger partial charge < -0.3 is 5.32 Å². The Kier molecular flexibility index (Phi) is 4.09. The second-order valence-corrected chi connectivity index (χ2v) is 4.47. The van der Waals surface area contributed by atoms with E-state index in [-0.39, 0.29) is 18.2 Å². The van der Waals surface area contributed by atoms with Crippen LogP contribution in [0.2, 0.25) is 0 Å². The Hall–Kier alpha value is -1.26. The third kappa shape index (κ3) is 2.44. The molecule has 0 spiro atoms. The Bertz CT molecular complexity index is 541. The van der Waals surface area contributed by atoms with Gasteiger partial charge in [-0.1, -0.05) is 6.07 Å². The maximum atomic E-state index is 13.7. The van der Waals surface area contributed by atoms with Gasteiger partial charge in [0.2, 0.25) is 0 Å². The van der Waals surface area contributed by atoms with Crippen molar-refractivity contribution in [3.05, 3.63) is 35.8 Å². The number of aromatic nitrogens is 2. The highest BCUT2D eigenvalue weighted by atomic mass is 35.5. The Labute approximate surface area is 111 Å². The first-order chi connectivity index (χ1) is 8.34. The van der Waals surface area contributed by atoms with Gasteiger partial charge in [0, 0.05) is 11.3 Å². The first-order valence-corrected chi connectivity index (χ1v) is 5.97. The standard InChI is InChI=1S/C13H14FN3.ClH/c14-11-2-1-3-12-10(11)8-13(17-16-12)9-4-6-15-7-5-9;/h1-3,8-9,15H,4-7H2;1H. The van der Waals surface area contributed by atoms with Crippen molar-refractivity contribution in [2.45, 2.75) is 18.8 Å². The number of nitrogens with one attached hydrogen (secondary N) is 1. The summed E-state index contributed by atoms with van der Waals surface area (Å²) < 4.78 is 13.7. The van der Waals surface area contributed by atoms with Crippen LogP contribution in [0, 0.1) is 5.82 Å². The van der Waals surface area contributed by atoms with Crippen molar-refractivity contribution in [2.75, 3.05) is 13.1 Å². The van der Waals surface area contributed by atoms with Gasteiger partial charge in [-0.15, -0.1) is 12.4 Å².